The Bertz CT molecular complexity index is 1080. The molecule has 8 nitrogen and oxygen atoms in total. The summed E-state index contributed by atoms with van der Waals surface area (Å²) < 4.78 is 28.6. The van der Waals surface area contributed by atoms with E-state index in [0.29, 0.717) is 28.6 Å². The average Bonchev–Trinajstić information content (AvgIpc) is 3.24. The van der Waals surface area contributed by atoms with E-state index in [-0.39, 0.29) is 0 Å². The number of hydrogen-bond donors (Lipinski definition) is 2. The number of fused-ring (bicyclic) bond motifs is 2. The van der Waals surface area contributed by atoms with Gasteiger partial charge in [-0.25, -0.2) is 23.3 Å². The zero-order chi connectivity index (χ0) is 18.3. The van der Waals surface area contributed by atoms with E-state index in [9.17, 15) is 8.78 Å². The first kappa shape index (κ1) is 16.2. The van der Waals surface area contributed by atoms with Crippen molar-refractivity contribution in [2.24, 2.45) is 0 Å². The van der Waals surface area contributed by atoms with Crippen LogP contribution in [0.4, 0.5) is 20.5 Å². The second kappa shape index (κ2) is 6.21. The molecule has 0 saturated heterocycles. The standard InChI is InChI=1S/C16H16F2N8/c1-19-14-13-9(5-6-26(13)24-16(20-2)23-14)10-3-4-11-15(22-10)25(8-21-11)7-12(17)18/h3-6,8,12H,7H2,1-2H3,(H2,19,20,23,24). The minimum Gasteiger partial charge on any atom is -0.371 e. The summed E-state index contributed by atoms with van der Waals surface area (Å²) in [6, 6.07) is 5.44. The number of nitrogens with zero attached hydrogens (tertiary/aromatic N) is 6. The molecule has 0 aliphatic rings. The van der Waals surface area contributed by atoms with Crippen molar-refractivity contribution in [3.8, 4) is 11.3 Å². The van der Waals surface area contributed by atoms with Crippen LogP contribution in [0.1, 0.15) is 0 Å². The number of hydrogen-bond acceptors (Lipinski definition) is 6. The van der Waals surface area contributed by atoms with Crippen LogP contribution >= 0.6 is 0 Å². The van der Waals surface area contributed by atoms with E-state index in [2.05, 4.69) is 30.7 Å². The molecule has 4 rings (SSSR count). The van der Waals surface area contributed by atoms with E-state index in [1.807, 2.05) is 12.1 Å². The molecular formula is C16H16F2N8. The summed E-state index contributed by atoms with van der Waals surface area (Å²) in [4.78, 5) is 13.1. The Labute approximate surface area is 146 Å². The molecule has 0 radical (unpaired) electrons. The summed E-state index contributed by atoms with van der Waals surface area (Å²) in [5.41, 5.74) is 3.16. The Kier molecular flexibility index (Phi) is 3.86. The van der Waals surface area contributed by atoms with E-state index in [4.69, 9.17) is 0 Å². The van der Waals surface area contributed by atoms with Crippen LogP contribution in [0, 0.1) is 0 Å². The molecule has 0 amide bonds. The average molecular weight is 358 g/mol. The number of halogens is 2. The number of imidazole rings is 1. The lowest BCUT2D eigenvalue weighted by Gasteiger charge is -2.08. The molecule has 0 aliphatic carbocycles. The normalized spacial score (nSPS) is 11.6. The van der Waals surface area contributed by atoms with Crippen LogP contribution in [0.2, 0.25) is 0 Å². The maximum Gasteiger partial charge on any atom is 0.256 e. The van der Waals surface area contributed by atoms with Crippen LogP contribution in [0.15, 0.2) is 30.7 Å². The van der Waals surface area contributed by atoms with Gasteiger partial charge in [-0.05, 0) is 18.2 Å². The second-order valence-electron chi connectivity index (χ2n) is 5.63. The van der Waals surface area contributed by atoms with Crippen molar-refractivity contribution in [2.75, 3.05) is 24.7 Å². The van der Waals surface area contributed by atoms with Crippen molar-refractivity contribution in [1.29, 1.82) is 0 Å². The molecule has 0 unspecified atom stereocenters. The molecule has 4 heterocycles. The predicted molar refractivity (Wildman–Crippen MR) is 94.6 cm³/mol. The van der Waals surface area contributed by atoms with Gasteiger partial charge in [0.05, 0.1) is 18.6 Å². The van der Waals surface area contributed by atoms with Crippen molar-refractivity contribution in [2.45, 2.75) is 13.0 Å². The lowest BCUT2D eigenvalue weighted by atomic mass is 10.2. The van der Waals surface area contributed by atoms with Crippen LogP contribution in [-0.4, -0.2) is 49.7 Å². The number of anilines is 2. The molecule has 0 aromatic carbocycles. The molecule has 4 aromatic rings. The van der Waals surface area contributed by atoms with Gasteiger partial charge in [-0.2, -0.15) is 4.98 Å². The fourth-order valence-corrected chi connectivity index (χ4v) is 2.88. The summed E-state index contributed by atoms with van der Waals surface area (Å²) in [7, 11) is 3.51. The Hall–Kier alpha value is -3.30. The highest BCUT2D eigenvalue weighted by Crippen LogP contribution is 2.30. The summed E-state index contributed by atoms with van der Waals surface area (Å²) >= 11 is 0. The van der Waals surface area contributed by atoms with Crippen molar-refractivity contribution >= 4 is 28.4 Å². The van der Waals surface area contributed by atoms with Crippen LogP contribution in [-0.2, 0) is 6.54 Å². The number of aromatic nitrogens is 6. The van der Waals surface area contributed by atoms with Gasteiger partial charge in [0.2, 0.25) is 5.95 Å². The SMILES string of the molecule is CNc1nc(NC)c2c(-c3ccc4ncn(CC(F)F)c4n3)ccn2n1. The van der Waals surface area contributed by atoms with Crippen molar-refractivity contribution < 1.29 is 8.78 Å². The molecule has 0 fully saturated rings. The van der Waals surface area contributed by atoms with Gasteiger partial charge in [-0.3, -0.25) is 0 Å². The van der Waals surface area contributed by atoms with Gasteiger partial charge < -0.3 is 15.2 Å². The zero-order valence-electron chi connectivity index (χ0n) is 14.1. The van der Waals surface area contributed by atoms with Gasteiger partial charge in [0, 0.05) is 25.9 Å². The van der Waals surface area contributed by atoms with Gasteiger partial charge in [0.1, 0.15) is 11.0 Å². The topological polar surface area (TPSA) is 85.0 Å². The van der Waals surface area contributed by atoms with Gasteiger partial charge in [0.25, 0.3) is 6.43 Å². The molecule has 0 bridgehead atoms. The zero-order valence-corrected chi connectivity index (χ0v) is 14.1. The number of rotatable bonds is 5. The predicted octanol–water partition coefficient (Wildman–Crippen LogP) is 2.49. The van der Waals surface area contributed by atoms with Gasteiger partial charge >= 0.3 is 0 Å². The van der Waals surface area contributed by atoms with E-state index in [1.54, 1.807) is 30.9 Å². The van der Waals surface area contributed by atoms with Gasteiger partial charge in [-0.1, -0.05) is 0 Å². The van der Waals surface area contributed by atoms with E-state index < -0.39 is 13.0 Å². The van der Waals surface area contributed by atoms with Crippen LogP contribution in [0.5, 0.6) is 0 Å². The Morgan fingerprint density at radius 1 is 1.12 bits per heavy atom. The summed E-state index contributed by atoms with van der Waals surface area (Å²) in [5, 5.41) is 10.3. The molecule has 134 valence electrons. The largest absolute Gasteiger partial charge is 0.371 e. The monoisotopic (exact) mass is 358 g/mol. The number of pyridine rings is 1. The Morgan fingerprint density at radius 2 is 1.96 bits per heavy atom. The third kappa shape index (κ3) is 2.59. The Morgan fingerprint density at radius 3 is 2.69 bits per heavy atom. The van der Waals surface area contributed by atoms with E-state index >= 15 is 0 Å². The Balaban J connectivity index is 1.89. The van der Waals surface area contributed by atoms with Crippen LogP contribution in [0.25, 0.3) is 27.9 Å². The van der Waals surface area contributed by atoms with E-state index in [1.165, 1.54) is 10.9 Å². The summed E-state index contributed by atoms with van der Waals surface area (Å²) in [6.45, 7) is -0.445. The highest BCUT2D eigenvalue weighted by atomic mass is 19.3. The van der Waals surface area contributed by atoms with Gasteiger partial charge in [0.15, 0.2) is 11.5 Å². The third-order valence-corrected chi connectivity index (χ3v) is 4.04. The fraction of sp³-hybridized carbons (Fsp3) is 0.250. The fourth-order valence-electron chi connectivity index (χ4n) is 2.88. The quantitative estimate of drug-likeness (QED) is 0.570. The number of alkyl halides is 2. The lowest BCUT2D eigenvalue weighted by molar-refractivity contribution is 0.128. The van der Waals surface area contributed by atoms with Gasteiger partial charge in [-0.15, -0.1) is 5.10 Å². The minimum atomic E-state index is -2.47. The van der Waals surface area contributed by atoms with Crippen LogP contribution in [0.3, 0.4) is 0 Å². The highest BCUT2D eigenvalue weighted by Gasteiger charge is 2.16. The van der Waals surface area contributed by atoms with E-state index in [0.717, 1.165) is 11.1 Å². The summed E-state index contributed by atoms with van der Waals surface area (Å²) in [6.07, 6.45) is 0.709. The van der Waals surface area contributed by atoms with Crippen LogP contribution < -0.4 is 10.6 Å². The van der Waals surface area contributed by atoms with Crippen molar-refractivity contribution in [3.63, 3.8) is 0 Å². The molecular weight excluding hydrogens is 342 g/mol. The number of nitrogens with one attached hydrogen (secondary N) is 2. The second-order valence-corrected chi connectivity index (χ2v) is 5.63. The highest BCUT2D eigenvalue weighted by molar-refractivity contribution is 5.89. The minimum absolute atomic E-state index is 0.418. The molecule has 2 N–H and O–H groups in total. The summed E-state index contributed by atoms with van der Waals surface area (Å²) in [5.74, 6) is 1.11. The first-order valence-electron chi connectivity index (χ1n) is 7.96. The van der Waals surface area contributed by atoms with Crippen molar-refractivity contribution in [3.05, 3.63) is 30.7 Å². The maximum atomic E-state index is 12.8. The molecule has 4 aromatic heterocycles. The molecule has 10 heteroatoms. The molecule has 0 saturated carbocycles. The smallest absolute Gasteiger partial charge is 0.256 e. The molecule has 0 atom stereocenters. The third-order valence-electron chi connectivity index (χ3n) is 4.04. The first-order valence-corrected chi connectivity index (χ1v) is 7.96. The lowest BCUT2D eigenvalue weighted by Crippen LogP contribution is -2.06. The van der Waals surface area contributed by atoms with Crippen molar-refractivity contribution in [1.82, 2.24) is 29.1 Å². The first-order chi connectivity index (χ1) is 12.6. The maximum absolute atomic E-state index is 12.8. The molecule has 0 aliphatic heterocycles. The molecule has 26 heavy (non-hydrogen) atoms. The molecule has 0 spiro atoms.